The molecule has 1 aromatic heterocycles. The fourth-order valence-corrected chi connectivity index (χ4v) is 1.71. The molecule has 2 aromatic rings. The third kappa shape index (κ3) is 4.50. The Bertz CT molecular complexity index is 628. The predicted octanol–water partition coefficient (Wildman–Crippen LogP) is 2.66. The maximum Gasteiger partial charge on any atom is 0.297 e. The summed E-state index contributed by atoms with van der Waals surface area (Å²) in [4.78, 5) is 18.0. The summed E-state index contributed by atoms with van der Waals surface area (Å²) < 4.78 is 5.55. The number of rotatable bonds is 4. The molecule has 2 rings (SSSR count). The molecule has 6 nitrogen and oxygen atoms in total. The summed E-state index contributed by atoms with van der Waals surface area (Å²) in [5, 5.41) is 2.79. The highest BCUT2D eigenvalue weighted by Gasteiger charge is 2.17. The van der Waals surface area contributed by atoms with E-state index in [2.05, 4.69) is 10.3 Å². The van der Waals surface area contributed by atoms with E-state index < -0.39 is 6.04 Å². The van der Waals surface area contributed by atoms with Gasteiger partial charge in [-0.2, -0.15) is 4.98 Å². The van der Waals surface area contributed by atoms with Crippen LogP contribution >= 0.6 is 24.8 Å². The van der Waals surface area contributed by atoms with E-state index in [1.54, 1.807) is 23.1 Å². The van der Waals surface area contributed by atoms with E-state index in [0.717, 1.165) is 0 Å². The van der Waals surface area contributed by atoms with E-state index in [1.807, 2.05) is 27.9 Å². The molecule has 0 bridgehead atoms. The van der Waals surface area contributed by atoms with Crippen molar-refractivity contribution in [3.05, 3.63) is 18.2 Å². The molecule has 0 saturated carbocycles. The molecule has 1 aromatic carbocycles. The van der Waals surface area contributed by atoms with Crippen LogP contribution in [-0.2, 0) is 4.79 Å². The number of nitrogens with zero attached hydrogens (tertiary/aromatic N) is 2. The van der Waals surface area contributed by atoms with Crippen LogP contribution in [0, 0.1) is 5.92 Å². The lowest BCUT2D eigenvalue weighted by Crippen LogP contribution is -2.39. The average Bonchev–Trinajstić information content (AvgIpc) is 2.80. The van der Waals surface area contributed by atoms with E-state index in [0.29, 0.717) is 22.8 Å². The van der Waals surface area contributed by atoms with Gasteiger partial charge >= 0.3 is 0 Å². The summed E-state index contributed by atoms with van der Waals surface area (Å²) >= 11 is 0. The van der Waals surface area contributed by atoms with E-state index in [-0.39, 0.29) is 36.6 Å². The Hall–Kier alpha value is -1.50. The summed E-state index contributed by atoms with van der Waals surface area (Å²) in [5.74, 6) is -0.109. The van der Waals surface area contributed by atoms with Gasteiger partial charge in [0.1, 0.15) is 5.52 Å². The third-order valence-corrected chi connectivity index (χ3v) is 3.05. The van der Waals surface area contributed by atoms with Gasteiger partial charge in [-0.15, -0.1) is 24.8 Å². The van der Waals surface area contributed by atoms with Crippen molar-refractivity contribution < 1.29 is 9.21 Å². The molecule has 0 aliphatic carbocycles. The number of benzene rings is 1. The molecule has 1 atom stereocenters. The van der Waals surface area contributed by atoms with Crippen LogP contribution < -0.4 is 16.0 Å². The summed E-state index contributed by atoms with van der Waals surface area (Å²) in [7, 11) is 3.71. The minimum atomic E-state index is -0.527. The van der Waals surface area contributed by atoms with E-state index in [9.17, 15) is 4.79 Å². The van der Waals surface area contributed by atoms with Crippen molar-refractivity contribution in [1.82, 2.24) is 4.98 Å². The second-order valence-corrected chi connectivity index (χ2v) is 5.33. The first kappa shape index (κ1) is 20.5. The molecule has 0 aliphatic rings. The van der Waals surface area contributed by atoms with Crippen molar-refractivity contribution in [2.24, 2.45) is 11.7 Å². The number of anilines is 2. The Kier molecular flexibility index (Phi) is 7.66. The van der Waals surface area contributed by atoms with Crippen molar-refractivity contribution >= 4 is 53.5 Å². The van der Waals surface area contributed by atoms with Crippen molar-refractivity contribution in [2.45, 2.75) is 19.9 Å². The Morgan fingerprint density at radius 3 is 2.50 bits per heavy atom. The lowest BCUT2D eigenvalue weighted by atomic mass is 10.0. The highest BCUT2D eigenvalue weighted by molar-refractivity contribution is 5.96. The van der Waals surface area contributed by atoms with E-state index >= 15 is 0 Å². The molecule has 0 aliphatic heterocycles. The molecule has 124 valence electrons. The molecule has 0 unspecified atom stereocenters. The van der Waals surface area contributed by atoms with Gasteiger partial charge in [0.05, 0.1) is 6.04 Å². The van der Waals surface area contributed by atoms with Gasteiger partial charge in [0.15, 0.2) is 5.58 Å². The van der Waals surface area contributed by atoms with Crippen LogP contribution in [-0.4, -0.2) is 31.0 Å². The average molecular weight is 349 g/mol. The number of carbonyl (C=O) groups is 1. The second kappa shape index (κ2) is 8.22. The predicted molar refractivity (Wildman–Crippen MR) is 94.3 cm³/mol. The Balaban J connectivity index is 0.00000220. The van der Waals surface area contributed by atoms with Gasteiger partial charge in [-0.25, -0.2) is 0 Å². The molecule has 0 saturated heterocycles. The zero-order valence-corrected chi connectivity index (χ0v) is 14.6. The first-order valence-corrected chi connectivity index (χ1v) is 6.53. The van der Waals surface area contributed by atoms with Crippen molar-refractivity contribution in [1.29, 1.82) is 0 Å². The number of nitrogens with two attached hydrogens (primary N) is 1. The van der Waals surface area contributed by atoms with Crippen LogP contribution in [0.4, 0.5) is 11.7 Å². The first-order chi connectivity index (χ1) is 9.38. The molecule has 0 radical (unpaired) electrons. The third-order valence-electron chi connectivity index (χ3n) is 3.05. The van der Waals surface area contributed by atoms with Gasteiger partial charge in [0.25, 0.3) is 6.01 Å². The van der Waals surface area contributed by atoms with Gasteiger partial charge < -0.3 is 20.4 Å². The van der Waals surface area contributed by atoms with E-state index in [1.165, 1.54) is 0 Å². The minimum absolute atomic E-state index is 0. The summed E-state index contributed by atoms with van der Waals surface area (Å²) in [6, 6.07) is 5.34. The number of carbonyl (C=O) groups excluding carboxylic acids is 1. The molecule has 3 N–H and O–H groups in total. The van der Waals surface area contributed by atoms with Gasteiger partial charge in [-0.3, -0.25) is 4.79 Å². The number of oxazole rings is 1. The van der Waals surface area contributed by atoms with E-state index in [4.69, 9.17) is 10.2 Å². The number of halogens is 2. The first-order valence-electron chi connectivity index (χ1n) is 6.53. The zero-order valence-electron chi connectivity index (χ0n) is 13.0. The largest absolute Gasteiger partial charge is 0.423 e. The Labute approximate surface area is 142 Å². The molecular formula is C14H22Cl2N4O2. The van der Waals surface area contributed by atoms with Crippen molar-refractivity contribution in [3.8, 4) is 0 Å². The van der Waals surface area contributed by atoms with Gasteiger partial charge in [0.2, 0.25) is 5.91 Å². The van der Waals surface area contributed by atoms with Crippen LogP contribution in [0.1, 0.15) is 13.8 Å². The second-order valence-electron chi connectivity index (χ2n) is 5.33. The standard InChI is InChI=1S/C14H20N4O2.2ClH/c1-8(2)12(15)13(19)16-9-5-6-11-10(7-9)17-14(20-11)18(3)4;;/h5-8,12H,15H2,1-4H3,(H,16,19);2*1H/t12-;;/m0../s1. The van der Waals surface area contributed by atoms with Crippen LogP contribution in [0.25, 0.3) is 11.1 Å². The fourth-order valence-electron chi connectivity index (χ4n) is 1.71. The van der Waals surface area contributed by atoms with Gasteiger partial charge in [0, 0.05) is 19.8 Å². The monoisotopic (exact) mass is 348 g/mol. The van der Waals surface area contributed by atoms with Crippen LogP contribution in [0.5, 0.6) is 0 Å². The molecule has 1 amide bonds. The number of aromatic nitrogens is 1. The quantitative estimate of drug-likeness (QED) is 0.887. The molecule has 1 heterocycles. The zero-order chi connectivity index (χ0) is 14.9. The molecule has 22 heavy (non-hydrogen) atoms. The smallest absolute Gasteiger partial charge is 0.297 e. The number of hydrogen-bond donors (Lipinski definition) is 2. The number of hydrogen-bond acceptors (Lipinski definition) is 5. The lowest BCUT2D eigenvalue weighted by Gasteiger charge is -2.15. The molecule has 0 fully saturated rings. The van der Waals surface area contributed by atoms with Gasteiger partial charge in [-0.05, 0) is 24.1 Å². The van der Waals surface area contributed by atoms with Crippen molar-refractivity contribution in [2.75, 3.05) is 24.3 Å². The van der Waals surface area contributed by atoms with Crippen LogP contribution in [0.2, 0.25) is 0 Å². The lowest BCUT2D eigenvalue weighted by molar-refractivity contribution is -0.118. The summed E-state index contributed by atoms with van der Waals surface area (Å²) in [6.45, 7) is 3.82. The maximum atomic E-state index is 11.9. The van der Waals surface area contributed by atoms with Gasteiger partial charge in [-0.1, -0.05) is 13.8 Å². The summed E-state index contributed by atoms with van der Waals surface area (Å²) in [5.41, 5.74) is 7.85. The van der Waals surface area contributed by atoms with Crippen LogP contribution in [0.3, 0.4) is 0 Å². The topological polar surface area (TPSA) is 84.4 Å². The Morgan fingerprint density at radius 1 is 1.32 bits per heavy atom. The van der Waals surface area contributed by atoms with Crippen LogP contribution in [0.15, 0.2) is 22.6 Å². The normalized spacial score (nSPS) is 11.5. The SMILES string of the molecule is CC(C)[C@H](N)C(=O)Nc1ccc2oc(N(C)C)nc2c1.Cl.Cl. The molecular weight excluding hydrogens is 327 g/mol. The summed E-state index contributed by atoms with van der Waals surface area (Å²) in [6.07, 6.45) is 0. The Morgan fingerprint density at radius 2 is 1.95 bits per heavy atom. The molecule has 0 spiro atoms. The van der Waals surface area contributed by atoms with Crippen molar-refractivity contribution in [3.63, 3.8) is 0 Å². The maximum absolute atomic E-state index is 11.9. The minimum Gasteiger partial charge on any atom is -0.423 e. The molecule has 8 heteroatoms. The highest BCUT2D eigenvalue weighted by atomic mass is 35.5. The number of fused-ring (bicyclic) bond motifs is 1. The fraction of sp³-hybridized carbons (Fsp3) is 0.429. The number of nitrogens with one attached hydrogen (secondary N) is 1. The highest BCUT2D eigenvalue weighted by Crippen LogP contribution is 2.23. The number of amides is 1.